The van der Waals surface area contributed by atoms with Gasteiger partial charge in [0.25, 0.3) is 11.2 Å². The molecular formula is C12H17N3O4. The van der Waals surface area contributed by atoms with Crippen LogP contribution in [0.1, 0.15) is 26.0 Å². The van der Waals surface area contributed by atoms with Crippen LogP contribution in [0.25, 0.3) is 0 Å². The first kappa shape index (κ1) is 14.9. The molecule has 0 saturated carbocycles. The smallest absolute Gasteiger partial charge is 0.288 e. The third kappa shape index (κ3) is 3.64. The predicted molar refractivity (Wildman–Crippen MR) is 70.0 cm³/mol. The van der Waals surface area contributed by atoms with Crippen molar-refractivity contribution < 1.29 is 9.72 Å². The van der Waals surface area contributed by atoms with Gasteiger partial charge < -0.3 is 5.32 Å². The van der Waals surface area contributed by atoms with Crippen molar-refractivity contribution in [3.63, 3.8) is 0 Å². The molecule has 1 aromatic heterocycles. The maximum Gasteiger partial charge on any atom is 0.288 e. The van der Waals surface area contributed by atoms with Crippen LogP contribution in [-0.2, 0) is 11.3 Å². The molecule has 1 amide bonds. The second kappa shape index (κ2) is 6.12. The minimum absolute atomic E-state index is 0.00204. The Balaban J connectivity index is 3.01. The van der Waals surface area contributed by atoms with Gasteiger partial charge in [0.15, 0.2) is 0 Å². The van der Waals surface area contributed by atoms with Crippen LogP contribution >= 0.6 is 0 Å². The van der Waals surface area contributed by atoms with E-state index in [4.69, 9.17) is 0 Å². The van der Waals surface area contributed by atoms with Crippen LogP contribution < -0.4 is 10.9 Å². The Bertz CT molecular complexity index is 550. The number of nitro groups is 1. The van der Waals surface area contributed by atoms with Gasteiger partial charge in [-0.3, -0.25) is 24.3 Å². The number of carbonyl (C=O) groups is 1. The fourth-order valence-corrected chi connectivity index (χ4v) is 1.62. The lowest BCUT2D eigenvalue weighted by atomic mass is 10.2. The maximum atomic E-state index is 11.7. The first-order valence-corrected chi connectivity index (χ1v) is 6.01. The number of nitrogens with one attached hydrogen (secondary N) is 1. The Morgan fingerprint density at radius 3 is 2.68 bits per heavy atom. The summed E-state index contributed by atoms with van der Waals surface area (Å²) in [5.41, 5.74) is -0.421. The van der Waals surface area contributed by atoms with E-state index in [1.54, 1.807) is 0 Å². The molecule has 1 aromatic rings. The van der Waals surface area contributed by atoms with Crippen LogP contribution in [0, 0.1) is 17.0 Å². The molecule has 0 aliphatic heterocycles. The second-order valence-corrected chi connectivity index (χ2v) is 4.36. The average molecular weight is 267 g/mol. The molecule has 1 heterocycles. The van der Waals surface area contributed by atoms with Crippen molar-refractivity contribution in [1.82, 2.24) is 9.88 Å². The number of aromatic nitrogens is 1. The molecule has 1 N–H and O–H groups in total. The summed E-state index contributed by atoms with van der Waals surface area (Å²) >= 11 is 0. The van der Waals surface area contributed by atoms with E-state index in [0.29, 0.717) is 0 Å². The zero-order chi connectivity index (χ0) is 14.6. The third-order valence-electron chi connectivity index (χ3n) is 2.94. The summed E-state index contributed by atoms with van der Waals surface area (Å²) in [5.74, 6) is -0.333. The summed E-state index contributed by atoms with van der Waals surface area (Å²) in [5, 5.41) is 13.5. The molecule has 7 heteroatoms. The van der Waals surface area contributed by atoms with Crippen LogP contribution in [0.5, 0.6) is 0 Å². The molecule has 7 nitrogen and oxygen atoms in total. The molecule has 0 fully saturated rings. The molecule has 19 heavy (non-hydrogen) atoms. The van der Waals surface area contributed by atoms with Gasteiger partial charge in [-0.2, -0.15) is 0 Å². The largest absolute Gasteiger partial charge is 0.352 e. The normalized spacial score (nSPS) is 11.9. The Kier molecular flexibility index (Phi) is 4.80. The van der Waals surface area contributed by atoms with Crippen LogP contribution in [-0.4, -0.2) is 21.4 Å². The highest BCUT2D eigenvalue weighted by atomic mass is 16.6. The lowest BCUT2D eigenvalue weighted by Crippen LogP contribution is -2.37. The van der Waals surface area contributed by atoms with Crippen molar-refractivity contribution >= 4 is 11.6 Å². The Hall–Kier alpha value is -2.18. The van der Waals surface area contributed by atoms with E-state index in [9.17, 15) is 19.7 Å². The number of rotatable bonds is 5. The predicted octanol–water partition coefficient (Wildman–Crippen LogP) is 0.980. The summed E-state index contributed by atoms with van der Waals surface area (Å²) in [6.45, 7) is 5.02. The number of hydrogen-bond acceptors (Lipinski definition) is 4. The summed E-state index contributed by atoms with van der Waals surface area (Å²) < 4.78 is 1.11. The number of amides is 1. The minimum atomic E-state index is -0.572. The summed E-state index contributed by atoms with van der Waals surface area (Å²) in [4.78, 5) is 33.6. The van der Waals surface area contributed by atoms with E-state index in [2.05, 4.69) is 5.32 Å². The van der Waals surface area contributed by atoms with Crippen molar-refractivity contribution in [2.45, 2.75) is 39.8 Å². The highest BCUT2D eigenvalue weighted by Gasteiger charge is 2.17. The van der Waals surface area contributed by atoms with Crippen LogP contribution in [0.4, 0.5) is 5.69 Å². The Labute approximate surface area is 110 Å². The zero-order valence-electron chi connectivity index (χ0n) is 11.2. The van der Waals surface area contributed by atoms with E-state index in [1.807, 2.05) is 13.8 Å². The minimum Gasteiger partial charge on any atom is -0.352 e. The lowest BCUT2D eigenvalue weighted by Gasteiger charge is -2.13. The van der Waals surface area contributed by atoms with Crippen molar-refractivity contribution in [3.05, 3.63) is 38.3 Å². The monoisotopic (exact) mass is 267 g/mol. The van der Waals surface area contributed by atoms with Gasteiger partial charge in [-0.25, -0.2) is 0 Å². The number of nitrogens with zero attached hydrogens (tertiary/aromatic N) is 2. The summed E-state index contributed by atoms with van der Waals surface area (Å²) in [7, 11) is 0. The molecule has 0 aliphatic carbocycles. The van der Waals surface area contributed by atoms with Gasteiger partial charge in [-0.15, -0.1) is 0 Å². The van der Waals surface area contributed by atoms with Gasteiger partial charge in [-0.1, -0.05) is 6.92 Å². The Morgan fingerprint density at radius 2 is 2.16 bits per heavy atom. The van der Waals surface area contributed by atoms with Crippen LogP contribution in [0.15, 0.2) is 16.9 Å². The fourth-order valence-electron chi connectivity index (χ4n) is 1.62. The molecule has 1 unspecified atom stereocenters. The molecule has 0 aliphatic rings. The molecule has 0 aromatic carbocycles. The van der Waals surface area contributed by atoms with E-state index in [1.165, 1.54) is 6.92 Å². The van der Waals surface area contributed by atoms with E-state index >= 15 is 0 Å². The summed E-state index contributed by atoms with van der Waals surface area (Å²) in [6.07, 6.45) is 0.772. The van der Waals surface area contributed by atoms with Crippen molar-refractivity contribution in [2.24, 2.45) is 0 Å². The maximum absolute atomic E-state index is 11.7. The lowest BCUT2D eigenvalue weighted by molar-refractivity contribution is -0.386. The highest BCUT2D eigenvalue weighted by molar-refractivity contribution is 5.76. The molecule has 1 atom stereocenters. The average Bonchev–Trinajstić information content (AvgIpc) is 2.33. The number of hydrogen-bond donors (Lipinski definition) is 1. The number of pyridine rings is 1. The second-order valence-electron chi connectivity index (χ2n) is 4.36. The van der Waals surface area contributed by atoms with Gasteiger partial charge in [0.2, 0.25) is 5.91 Å². The highest BCUT2D eigenvalue weighted by Crippen LogP contribution is 2.14. The molecule has 104 valence electrons. The SMILES string of the molecule is CCC(C)NC(=O)Cn1c(C)c([N+](=O)[O-])ccc1=O. The van der Waals surface area contributed by atoms with Gasteiger partial charge >= 0.3 is 0 Å². The summed E-state index contributed by atoms with van der Waals surface area (Å²) in [6, 6.07) is 2.25. The first-order chi connectivity index (χ1) is 8.86. The van der Waals surface area contributed by atoms with Gasteiger partial charge in [0, 0.05) is 18.2 Å². The van der Waals surface area contributed by atoms with Gasteiger partial charge in [0.05, 0.1) is 10.6 Å². The molecule has 1 rings (SSSR count). The van der Waals surface area contributed by atoms with Crippen LogP contribution in [0.2, 0.25) is 0 Å². The number of carbonyl (C=O) groups excluding carboxylic acids is 1. The topological polar surface area (TPSA) is 94.2 Å². The van der Waals surface area contributed by atoms with Crippen molar-refractivity contribution in [3.8, 4) is 0 Å². The van der Waals surface area contributed by atoms with E-state index < -0.39 is 10.5 Å². The van der Waals surface area contributed by atoms with Crippen molar-refractivity contribution in [1.29, 1.82) is 0 Å². The van der Waals surface area contributed by atoms with E-state index in [0.717, 1.165) is 23.1 Å². The quantitative estimate of drug-likeness (QED) is 0.635. The molecule has 0 bridgehead atoms. The van der Waals surface area contributed by atoms with Crippen LogP contribution in [0.3, 0.4) is 0 Å². The van der Waals surface area contributed by atoms with Gasteiger partial charge in [-0.05, 0) is 20.3 Å². The molecule has 0 saturated heterocycles. The first-order valence-electron chi connectivity index (χ1n) is 6.01. The molecule has 0 radical (unpaired) electrons. The Morgan fingerprint density at radius 1 is 1.53 bits per heavy atom. The van der Waals surface area contributed by atoms with E-state index in [-0.39, 0.29) is 29.9 Å². The molecule has 0 spiro atoms. The van der Waals surface area contributed by atoms with Crippen molar-refractivity contribution in [2.75, 3.05) is 0 Å². The zero-order valence-corrected chi connectivity index (χ0v) is 11.2. The third-order valence-corrected chi connectivity index (χ3v) is 2.94. The molecular weight excluding hydrogens is 250 g/mol. The fraction of sp³-hybridized carbons (Fsp3) is 0.500. The standard InChI is InChI=1S/C12H17N3O4/c1-4-8(2)13-11(16)7-14-9(3)10(15(18)19)5-6-12(14)17/h5-6,8H,4,7H2,1-3H3,(H,13,16). The van der Waals surface area contributed by atoms with Gasteiger partial charge in [0.1, 0.15) is 6.54 Å².